The summed E-state index contributed by atoms with van der Waals surface area (Å²) < 4.78 is 20.7. The van der Waals surface area contributed by atoms with E-state index in [1.807, 2.05) is 13.2 Å². The number of thioether (sulfide) groups is 2. The van der Waals surface area contributed by atoms with Crippen LogP contribution in [0.25, 0.3) is 11.4 Å². The van der Waals surface area contributed by atoms with E-state index in [-0.39, 0.29) is 11.1 Å². The summed E-state index contributed by atoms with van der Waals surface area (Å²) in [6.07, 6.45) is 1.96. The molecule has 0 saturated heterocycles. The molecule has 0 aliphatic carbocycles. The Kier molecular flexibility index (Phi) is 4.98. The van der Waals surface area contributed by atoms with Crippen LogP contribution in [0, 0.1) is 12.7 Å². The molecule has 3 aromatic rings. The van der Waals surface area contributed by atoms with Crippen molar-refractivity contribution in [3.05, 3.63) is 35.5 Å². The van der Waals surface area contributed by atoms with E-state index < -0.39 is 0 Å². The Bertz CT molecular complexity index is 820. The predicted molar refractivity (Wildman–Crippen MR) is 90.4 cm³/mol. The van der Waals surface area contributed by atoms with Crippen LogP contribution in [0.2, 0.25) is 0 Å². The van der Waals surface area contributed by atoms with Gasteiger partial charge in [-0.05, 0) is 31.7 Å². The summed E-state index contributed by atoms with van der Waals surface area (Å²) in [4.78, 5) is 4.36. The molecule has 5 nitrogen and oxygen atoms in total. The van der Waals surface area contributed by atoms with Crippen LogP contribution in [0.4, 0.5) is 4.39 Å². The summed E-state index contributed by atoms with van der Waals surface area (Å²) in [7, 11) is 0. The van der Waals surface area contributed by atoms with Gasteiger partial charge in [-0.25, -0.2) is 4.39 Å². The zero-order valence-corrected chi connectivity index (χ0v) is 15.1. The summed E-state index contributed by atoms with van der Waals surface area (Å²) in [6.45, 7) is 3.67. The summed E-state index contributed by atoms with van der Waals surface area (Å²) in [6, 6.07) is 4.89. The van der Waals surface area contributed by atoms with E-state index in [9.17, 15) is 4.39 Å². The Balaban J connectivity index is 1.76. The van der Waals surface area contributed by atoms with Gasteiger partial charge in [0.2, 0.25) is 11.7 Å². The van der Waals surface area contributed by atoms with Crippen LogP contribution in [-0.4, -0.2) is 26.6 Å². The lowest BCUT2D eigenvalue weighted by atomic mass is 10.1. The fraction of sp³-hybridized carbons (Fsp3) is 0.286. The molecule has 0 aliphatic rings. The van der Waals surface area contributed by atoms with Gasteiger partial charge in [0.1, 0.15) is 5.82 Å². The van der Waals surface area contributed by atoms with E-state index in [0.29, 0.717) is 22.8 Å². The van der Waals surface area contributed by atoms with E-state index in [1.165, 1.54) is 29.2 Å². The van der Waals surface area contributed by atoms with Crippen molar-refractivity contribution in [2.24, 2.45) is 0 Å². The topological polar surface area (TPSA) is 64.7 Å². The van der Waals surface area contributed by atoms with E-state index >= 15 is 0 Å². The quantitative estimate of drug-likeness (QED) is 0.609. The van der Waals surface area contributed by atoms with Crippen LogP contribution in [0.3, 0.4) is 0 Å². The average molecular weight is 368 g/mol. The second-order valence-electron chi connectivity index (χ2n) is 4.72. The van der Waals surface area contributed by atoms with E-state index in [1.54, 1.807) is 30.8 Å². The van der Waals surface area contributed by atoms with Gasteiger partial charge in [-0.3, -0.25) is 0 Å². The molecule has 120 valence electrons. The second-order valence-corrected chi connectivity index (χ2v) is 8.34. The Morgan fingerprint density at radius 3 is 2.74 bits per heavy atom. The van der Waals surface area contributed by atoms with Gasteiger partial charge in [-0.2, -0.15) is 4.98 Å². The van der Waals surface area contributed by atoms with Crippen LogP contribution in [0.5, 0.6) is 0 Å². The number of halogens is 1. The van der Waals surface area contributed by atoms with Gasteiger partial charge in [0.25, 0.3) is 0 Å². The predicted octanol–water partition coefficient (Wildman–Crippen LogP) is 4.61. The first kappa shape index (κ1) is 16.4. The van der Waals surface area contributed by atoms with Crippen LogP contribution in [-0.2, 0) is 0 Å². The van der Waals surface area contributed by atoms with Crippen molar-refractivity contribution >= 4 is 34.9 Å². The first-order chi connectivity index (χ1) is 11.1. The molecule has 1 unspecified atom stereocenters. The minimum absolute atomic E-state index is 0.0609. The summed E-state index contributed by atoms with van der Waals surface area (Å²) in [5.74, 6) is 0.579. The Morgan fingerprint density at radius 2 is 2.04 bits per heavy atom. The normalized spacial score (nSPS) is 12.5. The molecule has 0 spiro atoms. The zero-order valence-electron chi connectivity index (χ0n) is 12.6. The summed E-state index contributed by atoms with van der Waals surface area (Å²) >= 11 is 4.60. The largest absolute Gasteiger partial charge is 0.338 e. The van der Waals surface area contributed by atoms with Gasteiger partial charge < -0.3 is 4.52 Å². The number of rotatable bonds is 5. The molecule has 2 heterocycles. The maximum absolute atomic E-state index is 13.6. The Morgan fingerprint density at radius 1 is 1.26 bits per heavy atom. The van der Waals surface area contributed by atoms with Crippen molar-refractivity contribution < 1.29 is 8.91 Å². The highest BCUT2D eigenvalue weighted by Gasteiger charge is 2.19. The highest BCUT2D eigenvalue weighted by molar-refractivity contribution is 8.03. The summed E-state index contributed by atoms with van der Waals surface area (Å²) in [5.41, 5.74) is 1.18. The van der Waals surface area contributed by atoms with Crippen LogP contribution in [0.15, 0.2) is 31.4 Å². The highest BCUT2D eigenvalue weighted by Crippen LogP contribution is 2.37. The molecule has 1 atom stereocenters. The SMILES string of the molecule is CSc1nnc(SC(C)c2nc(-c3ccc(C)c(F)c3)no2)s1. The molecule has 23 heavy (non-hydrogen) atoms. The van der Waals surface area contributed by atoms with E-state index in [0.717, 1.165) is 8.68 Å². The molecule has 1 aromatic carbocycles. The van der Waals surface area contributed by atoms with Crippen molar-refractivity contribution in [2.75, 3.05) is 6.26 Å². The number of aromatic nitrogens is 4. The maximum atomic E-state index is 13.6. The molecule has 0 saturated carbocycles. The summed E-state index contributed by atoms with van der Waals surface area (Å²) in [5, 5.41) is 12.0. The molecular weight excluding hydrogens is 355 g/mol. The van der Waals surface area contributed by atoms with Gasteiger partial charge in [0, 0.05) is 5.56 Å². The molecule has 0 fully saturated rings. The number of aryl methyl sites for hydroxylation is 1. The van der Waals surface area contributed by atoms with E-state index in [2.05, 4.69) is 20.3 Å². The monoisotopic (exact) mass is 368 g/mol. The average Bonchev–Trinajstić information content (AvgIpc) is 3.19. The first-order valence-electron chi connectivity index (χ1n) is 6.71. The van der Waals surface area contributed by atoms with Gasteiger partial charge in [0.15, 0.2) is 8.68 Å². The van der Waals surface area contributed by atoms with Crippen molar-refractivity contribution in [1.82, 2.24) is 20.3 Å². The highest BCUT2D eigenvalue weighted by atomic mass is 32.2. The number of benzene rings is 1. The second kappa shape index (κ2) is 6.98. The molecule has 3 rings (SSSR count). The van der Waals surface area contributed by atoms with Crippen molar-refractivity contribution in [3.8, 4) is 11.4 Å². The fourth-order valence-electron chi connectivity index (χ4n) is 1.78. The van der Waals surface area contributed by atoms with Crippen LogP contribution in [0.1, 0.15) is 23.6 Å². The minimum atomic E-state index is -0.283. The molecule has 0 N–H and O–H groups in total. The first-order valence-corrected chi connectivity index (χ1v) is 9.63. The van der Waals surface area contributed by atoms with Gasteiger partial charge >= 0.3 is 0 Å². The number of nitrogens with zero attached hydrogens (tertiary/aromatic N) is 4. The van der Waals surface area contributed by atoms with Gasteiger partial charge in [-0.15, -0.1) is 10.2 Å². The number of hydrogen-bond donors (Lipinski definition) is 0. The molecule has 0 radical (unpaired) electrons. The molecule has 9 heteroatoms. The zero-order chi connectivity index (χ0) is 16.4. The lowest BCUT2D eigenvalue weighted by Crippen LogP contribution is -1.90. The molecular formula is C14H13FN4OS3. The Labute approximate surface area is 145 Å². The van der Waals surface area contributed by atoms with Crippen LogP contribution < -0.4 is 0 Å². The van der Waals surface area contributed by atoms with Gasteiger partial charge in [-0.1, -0.05) is 52.1 Å². The number of hydrogen-bond acceptors (Lipinski definition) is 8. The van der Waals surface area contributed by atoms with Crippen molar-refractivity contribution in [2.45, 2.75) is 27.8 Å². The van der Waals surface area contributed by atoms with Gasteiger partial charge in [0.05, 0.1) is 5.25 Å². The standard InChI is InChI=1S/C14H13FN4OS3/c1-7-4-5-9(6-10(7)15)11-16-12(20-19-11)8(2)22-14-18-17-13(21-3)23-14/h4-6,8H,1-3H3. The lowest BCUT2D eigenvalue weighted by molar-refractivity contribution is 0.381. The Hall–Kier alpha value is -1.45. The molecule has 2 aromatic heterocycles. The van der Waals surface area contributed by atoms with E-state index in [4.69, 9.17) is 4.52 Å². The third-order valence-electron chi connectivity index (χ3n) is 3.06. The lowest BCUT2D eigenvalue weighted by Gasteiger charge is -2.01. The molecule has 0 bridgehead atoms. The third-order valence-corrected chi connectivity index (χ3v) is 6.13. The van der Waals surface area contributed by atoms with Crippen molar-refractivity contribution in [3.63, 3.8) is 0 Å². The molecule has 0 amide bonds. The smallest absolute Gasteiger partial charge is 0.240 e. The van der Waals surface area contributed by atoms with Crippen LogP contribution >= 0.6 is 34.9 Å². The minimum Gasteiger partial charge on any atom is -0.338 e. The third kappa shape index (κ3) is 3.73. The van der Waals surface area contributed by atoms with Crippen molar-refractivity contribution in [1.29, 1.82) is 0 Å². The molecule has 0 aliphatic heterocycles. The maximum Gasteiger partial charge on any atom is 0.240 e. The fourth-order valence-corrected chi connectivity index (χ4v) is 4.39.